The number of rotatable bonds is 5. The number of hydrogen-bond donors (Lipinski definition) is 0. The van der Waals surface area contributed by atoms with Gasteiger partial charge < -0.3 is 0 Å². The van der Waals surface area contributed by atoms with Gasteiger partial charge in [-0.15, -0.1) is 0 Å². The van der Waals surface area contributed by atoms with Crippen molar-refractivity contribution in [2.75, 3.05) is 0 Å². The van der Waals surface area contributed by atoms with Crippen molar-refractivity contribution in [3.8, 4) is 0 Å². The lowest BCUT2D eigenvalue weighted by Crippen LogP contribution is -2.02. The molecule has 1 fully saturated rings. The summed E-state index contributed by atoms with van der Waals surface area (Å²) in [4.78, 5) is 21.4. The number of nitro benzene ring substituents is 1. The predicted molar refractivity (Wildman–Crippen MR) is 59.1 cm³/mol. The number of Topliss-reactive ketones (excluding diaryl/α,β-unsaturated/α-hetero) is 1. The molecule has 1 aliphatic carbocycles. The van der Waals surface area contributed by atoms with Gasteiger partial charge >= 0.3 is 0 Å². The van der Waals surface area contributed by atoms with E-state index in [9.17, 15) is 19.3 Å². The van der Waals surface area contributed by atoms with Crippen LogP contribution in [0, 0.1) is 21.8 Å². The van der Waals surface area contributed by atoms with Crippen LogP contribution in [0.25, 0.3) is 0 Å². The van der Waals surface area contributed by atoms with E-state index in [1.54, 1.807) is 0 Å². The standard InChI is InChI=1S/C12H12FNO3/c13-10-5-8(6-11(7-10)14(16)17)1-4-12(15)9-2-3-9/h5-7,9H,1-4H2. The van der Waals surface area contributed by atoms with Gasteiger partial charge in [0.05, 0.1) is 11.0 Å². The van der Waals surface area contributed by atoms with Crippen molar-refractivity contribution in [1.29, 1.82) is 0 Å². The number of nitro groups is 1. The number of hydrogen-bond acceptors (Lipinski definition) is 3. The van der Waals surface area contributed by atoms with E-state index in [0.29, 0.717) is 18.4 Å². The minimum absolute atomic E-state index is 0.178. The Kier molecular flexibility index (Phi) is 3.17. The molecule has 0 unspecified atom stereocenters. The molecule has 90 valence electrons. The smallest absolute Gasteiger partial charge is 0.272 e. The van der Waals surface area contributed by atoms with Crippen LogP contribution in [-0.2, 0) is 11.2 Å². The van der Waals surface area contributed by atoms with Crippen molar-refractivity contribution in [2.24, 2.45) is 5.92 Å². The molecule has 0 atom stereocenters. The summed E-state index contributed by atoms with van der Waals surface area (Å²) in [6.07, 6.45) is 2.60. The van der Waals surface area contributed by atoms with E-state index < -0.39 is 10.7 Å². The van der Waals surface area contributed by atoms with Crippen molar-refractivity contribution in [1.82, 2.24) is 0 Å². The van der Waals surface area contributed by atoms with E-state index in [4.69, 9.17) is 0 Å². The predicted octanol–water partition coefficient (Wildman–Crippen LogP) is 2.65. The van der Waals surface area contributed by atoms with Crippen LogP contribution in [0.1, 0.15) is 24.8 Å². The quantitative estimate of drug-likeness (QED) is 0.584. The van der Waals surface area contributed by atoms with E-state index in [0.717, 1.165) is 18.9 Å². The second kappa shape index (κ2) is 4.61. The van der Waals surface area contributed by atoms with Crippen LogP contribution in [0.15, 0.2) is 18.2 Å². The zero-order valence-electron chi connectivity index (χ0n) is 9.19. The molecule has 4 nitrogen and oxygen atoms in total. The fraction of sp³-hybridized carbons (Fsp3) is 0.417. The highest BCUT2D eigenvalue weighted by atomic mass is 19.1. The number of carbonyl (C=O) groups excluding carboxylic acids is 1. The Labute approximate surface area is 97.6 Å². The molecule has 0 aromatic heterocycles. The zero-order valence-corrected chi connectivity index (χ0v) is 9.19. The van der Waals surface area contributed by atoms with Gasteiger partial charge in [-0.05, 0) is 30.9 Å². The average Bonchev–Trinajstić information content (AvgIpc) is 3.08. The molecular weight excluding hydrogens is 225 g/mol. The number of nitrogens with zero attached hydrogens (tertiary/aromatic N) is 1. The molecule has 0 N–H and O–H groups in total. The minimum Gasteiger partial charge on any atom is -0.299 e. The van der Waals surface area contributed by atoms with Gasteiger partial charge in [0.25, 0.3) is 5.69 Å². The maximum Gasteiger partial charge on any atom is 0.272 e. The molecule has 1 aliphatic rings. The first kappa shape index (κ1) is 11.7. The summed E-state index contributed by atoms with van der Waals surface area (Å²) in [6, 6.07) is 3.45. The summed E-state index contributed by atoms with van der Waals surface area (Å²) in [7, 11) is 0. The van der Waals surface area contributed by atoms with Crippen molar-refractivity contribution < 1.29 is 14.1 Å². The molecule has 0 spiro atoms. The second-order valence-electron chi connectivity index (χ2n) is 4.32. The lowest BCUT2D eigenvalue weighted by Gasteiger charge is -2.01. The van der Waals surface area contributed by atoms with E-state index in [2.05, 4.69) is 0 Å². The number of ketones is 1. The Hall–Kier alpha value is -1.78. The highest BCUT2D eigenvalue weighted by Gasteiger charge is 2.28. The maximum atomic E-state index is 13.1. The van der Waals surface area contributed by atoms with Crippen LogP contribution in [0.4, 0.5) is 10.1 Å². The summed E-state index contributed by atoms with van der Waals surface area (Å²) < 4.78 is 13.1. The molecule has 0 amide bonds. The number of halogens is 1. The van der Waals surface area contributed by atoms with Crippen molar-refractivity contribution in [3.05, 3.63) is 39.7 Å². The molecule has 0 radical (unpaired) electrons. The molecule has 1 aromatic rings. The van der Waals surface area contributed by atoms with Gasteiger partial charge in [0.1, 0.15) is 11.6 Å². The SMILES string of the molecule is O=C(CCc1cc(F)cc([N+](=O)[O-])c1)C1CC1. The topological polar surface area (TPSA) is 60.2 Å². The third-order valence-corrected chi connectivity index (χ3v) is 2.85. The fourth-order valence-electron chi connectivity index (χ4n) is 1.76. The Morgan fingerprint density at radius 1 is 1.41 bits per heavy atom. The van der Waals surface area contributed by atoms with Crippen LogP contribution in [0.2, 0.25) is 0 Å². The van der Waals surface area contributed by atoms with Gasteiger partial charge in [0.2, 0.25) is 0 Å². The second-order valence-corrected chi connectivity index (χ2v) is 4.32. The van der Waals surface area contributed by atoms with Crippen LogP contribution in [0.3, 0.4) is 0 Å². The molecule has 17 heavy (non-hydrogen) atoms. The molecule has 5 heteroatoms. The lowest BCUT2D eigenvalue weighted by atomic mass is 10.0. The summed E-state index contributed by atoms with van der Waals surface area (Å²) in [5, 5.41) is 10.5. The van der Waals surface area contributed by atoms with Crippen LogP contribution < -0.4 is 0 Å². The monoisotopic (exact) mass is 237 g/mol. The number of benzene rings is 1. The normalized spacial score (nSPS) is 14.6. The van der Waals surface area contributed by atoms with Crippen molar-refractivity contribution in [3.63, 3.8) is 0 Å². The summed E-state index contributed by atoms with van der Waals surface area (Å²) in [6.45, 7) is 0. The number of aryl methyl sites for hydroxylation is 1. The average molecular weight is 237 g/mol. The Balaban J connectivity index is 2.04. The molecule has 1 aromatic carbocycles. The Morgan fingerprint density at radius 3 is 2.71 bits per heavy atom. The molecule has 0 heterocycles. The van der Waals surface area contributed by atoms with E-state index >= 15 is 0 Å². The fourth-order valence-corrected chi connectivity index (χ4v) is 1.76. The van der Waals surface area contributed by atoms with Crippen LogP contribution in [0.5, 0.6) is 0 Å². The van der Waals surface area contributed by atoms with Gasteiger partial charge in [-0.25, -0.2) is 4.39 Å². The molecule has 2 rings (SSSR count). The van der Waals surface area contributed by atoms with Gasteiger partial charge in [-0.2, -0.15) is 0 Å². The molecule has 0 saturated heterocycles. The van der Waals surface area contributed by atoms with Crippen molar-refractivity contribution in [2.45, 2.75) is 25.7 Å². The van der Waals surface area contributed by atoms with Gasteiger partial charge in [0, 0.05) is 18.4 Å². The third-order valence-electron chi connectivity index (χ3n) is 2.85. The third kappa shape index (κ3) is 3.09. The van der Waals surface area contributed by atoms with Gasteiger partial charge in [-0.3, -0.25) is 14.9 Å². The van der Waals surface area contributed by atoms with Crippen LogP contribution >= 0.6 is 0 Å². The summed E-state index contributed by atoms with van der Waals surface area (Å²) in [5.41, 5.74) is 0.240. The summed E-state index contributed by atoms with van der Waals surface area (Å²) in [5.74, 6) is -0.275. The number of non-ortho nitro benzene ring substituents is 1. The molecule has 0 bridgehead atoms. The van der Waals surface area contributed by atoms with E-state index in [-0.39, 0.29) is 17.4 Å². The van der Waals surface area contributed by atoms with Gasteiger partial charge in [-0.1, -0.05) is 0 Å². The maximum absolute atomic E-state index is 13.1. The highest BCUT2D eigenvalue weighted by molar-refractivity contribution is 5.83. The van der Waals surface area contributed by atoms with Gasteiger partial charge in [0.15, 0.2) is 0 Å². The largest absolute Gasteiger partial charge is 0.299 e. The summed E-state index contributed by atoms with van der Waals surface area (Å²) >= 11 is 0. The van der Waals surface area contributed by atoms with Crippen molar-refractivity contribution >= 4 is 11.5 Å². The van der Waals surface area contributed by atoms with E-state index in [1.807, 2.05) is 0 Å². The molecular formula is C12H12FNO3. The Morgan fingerprint density at radius 2 is 2.12 bits per heavy atom. The molecule has 1 saturated carbocycles. The first-order valence-electron chi connectivity index (χ1n) is 5.53. The first-order valence-corrected chi connectivity index (χ1v) is 5.53. The number of carbonyl (C=O) groups is 1. The van der Waals surface area contributed by atoms with E-state index in [1.165, 1.54) is 12.1 Å². The lowest BCUT2D eigenvalue weighted by molar-refractivity contribution is -0.385. The molecule has 0 aliphatic heterocycles. The Bertz CT molecular complexity index is 469. The zero-order chi connectivity index (χ0) is 12.4. The van der Waals surface area contributed by atoms with Crippen LogP contribution in [-0.4, -0.2) is 10.7 Å². The highest BCUT2D eigenvalue weighted by Crippen LogP contribution is 2.31. The first-order chi connectivity index (χ1) is 8.06. The minimum atomic E-state index is -0.631.